The van der Waals surface area contributed by atoms with Gasteiger partial charge in [-0.2, -0.15) is 13.2 Å². The summed E-state index contributed by atoms with van der Waals surface area (Å²) in [4.78, 5) is 24.5. The lowest BCUT2D eigenvalue weighted by molar-refractivity contribution is -0.162. The van der Waals surface area contributed by atoms with Gasteiger partial charge in [-0.3, -0.25) is 9.59 Å². The fourth-order valence-electron chi connectivity index (χ4n) is 4.22. The molecule has 0 fully saturated rings. The molecule has 44 heavy (non-hydrogen) atoms. The molecule has 0 bridgehead atoms. The average molecular weight is 644 g/mol. The number of benzene rings is 2. The number of amides is 1. The number of ketones is 1. The molecule has 0 saturated carbocycles. The maximum Gasteiger partial charge on any atom is 0.402 e. The van der Waals surface area contributed by atoms with Crippen LogP contribution in [0, 0.1) is 5.92 Å². The molecule has 248 valence electrons. The van der Waals surface area contributed by atoms with Gasteiger partial charge in [0.15, 0.2) is 0 Å². The average Bonchev–Trinajstić information content (AvgIpc) is 2.96. The van der Waals surface area contributed by atoms with E-state index in [9.17, 15) is 22.8 Å². The van der Waals surface area contributed by atoms with Crippen molar-refractivity contribution in [3.8, 4) is 11.5 Å². The highest BCUT2D eigenvalue weighted by Gasteiger charge is 2.44. The van der Waals surface area contributed by atoms with E-state index >= 15 is 0 Å². The number of alkyl halides is 3. The van der Waals surface area contributed by atoms with Gasteiger partial charge in [-0.05, 0) is 74.4 Å². The fourth-order valence-corrected chi connectivity index (χ4v) is 4.48. The van der Waals surface area contributed by atoms with E-state index in [0.717, 1.165) is 38.5 Å². The molecule has 0 radical (unpaired) electrons. The number of allylic oxidation sites excluding steroid dienone is 1. The Morgan fingerprint density at radius 1 is 1.05 bits per heavy atom. The molecule has 0 aliphatic carbocycles. The third-order valence-corrected chi connectivity index (χ3v) is 6.75. The van der Waals surface area contributed by atoms with Gasteiger partial charge in [0.2, 0.25) is 0 Å². The first-order valence-electron chi connectivity index (χ1n) is 14.8. The summed E-state index contributed by atoms with van der Waals surface area (Å²) in [5, 5.41) is 8.31. The highest BCUT2D eigenvalue weighted by Crippen LogP contribution is 2.36. The molecular formula is C34H49ClF3NO5. The third kappa shape index (κ3) is 16.1. The summed E-state index contributed by atoms with van der Waals surface area (Å²) in [5.41, 5.74) is 0.403. The molecule has 0 heterocycles. The van der Waals surface area contributed by atoms with E-state index in [-0.39, 0.29) is 11.5 Å². The second-order valence-electron chi connectivity index (χ2n) is 10.5. The van der Waals surface area contributed by atoms with Gasteiger partial charge >= 0.3 is 6.18 Å². The van der Waals surface area contributed by atoms with Crippen molar-refractivity contribution in [2.45, 2.75) is 77.8 Å². The van der Waals surface area contributed by atoms with Gasteiger partial charge in [0.25, 0.3) is 5.91 Å². The minimum Gasteiger partial charge on any atom is -0.497 e. The number of carbonyl (C=O) groups excluding carboxylic acids is 2. The van der Waals surface area contributed by atoms with Crippen molar-refractivity contribution in [2.75, 3.05) is 34.4 Å². The van der Waals surface area contributed by atoms with Crippen LogP contribution in [0.1, 0.15) is 87.6 Å². The first kappa shape index (κ1) is 41.0. The van der Waals surface area contributed by atoms with Gasteiger partial charge in [-0.15, -0.1) is 6.58 Å². The number of unbranched alkanes of at least 4 members (excludes halogenated alkanes) is 1. The Labute approximate surface area is 266 Å². The Hall–Kier alpha value is -3.04. The molecule has 2 unspecified atom stereocenters. The number of halogens is 4. The highest BCUT2D eigenvalue weighted by molar-refractivity contribution is 6.34. The summed E-state index contributed by atoms with van der Waals surface area (Å²) in [5.74, 6) is -1.35. The minimum atomic E-state index is -4.57. The number of rotatable bonds is 15. The molecule has 0 aliphatic heterocycles. The van der Waals surface area contributed by atoms with Gasteiger partial charge in [-0.25, -0.2) is 0 Å². The summed E-state index contributed by atoms with van der Waals surface area (Å²) in [6.45, 7) is 9.92. The SMILES string of the molecule is C=CCC(CCC)CCCCOc1ccc(C(=O)N(C)C)c(Cl)c1.CCCO.COc1cccc(C(C(C)=O)C(F)(F)F)c1. The van der Waals surface area contributed by atoms with Crippen LogP contribution >= 0.6 is 11.6 Å². The lowest BCUT2D eigenvalue weighted by Crippen LogP contribution is -2.26. The van der Waals surface area contributed by atoms with E-state index in [1.807, 2.05) is 13.0 Å². The summed E-state index contributed by atoms with van der Waals surface area (Å²) in [7, 11) is 4.78. The molecule has 1 amide bonds. The highest BCUT2D eigenvalue weighted by atomic mass is 35.5. The number of hydrogen-bond acceptors (Lipinski definition) is 5. The van der Waals surface area contributed by atoms with Crippen LogP contribution in [0.5, 0.6) is 11.5 Å². The van der Waals surface area contributed by atoms with Crippen LogP contribution in [0.3, 0.4) is 0 Å². The van der Waals surface area contributed by atoms with Crippen molar-refractivity contribution in [1.29, 1.82) is 0 Å². The monoisotopic (exact) mass is 643 g/mol. The fraction of sp³-hybridized carbons (Fsp3) is 0.529. The van der Waals surface area contributed by atoms with Gasteiger partial charge in [0, 0.05) is 20.7 Å². The van der Waals surface area contributed by atoms with Crippen molar-refractivity contribution >= 4 is 23.3 Å². The zero-order valence-corrected chi connectivity index (χ0v) is 27.6. The maximum absolute atomic E-state index is 12.6. The summed E-state index contributed by atoms with van der Waals surface area (Å²) < 4.78 is 48.5. The van der Waals surface area contributed by atoms with E-state index < -0.39 is 17.9 Å². The number of methoxy groups -OCH3 is 1. The molecule has 6 nitrogen and oxygen atoms in total. The zero-order chi connectivity index (χ0) is 33.7. The normalized spacial score (nSPS) is 12.0. The van der Waals surface area contributed by atoms with Crippen LogP contribution in [0.15, 0.2) is 55.1 Å². The van der Waals surface area contributed by atoms with Crippen molar-refractivity contribution < 1.29 is 37.3 Å². The molecule has 0 aromatic heterocycles. The molecule has 2 aromatic rings. The number of hydrogen-bond donors (Lipinski definition) is 1. The quantitative estimate of drug-likeness (QED) is 0.155. The standard InChI is InChI=1S/C20H30ClNO2.C11H11F3O2.C3H8O/c1-5-9-16(10-6-2)11-7-8-14-24-17-12-13-18(19(21)15-17)20(23)22(3)4;1-7(15)10(11(12,13)14)8-4-3-5-9(6-8)16-2;1-2-3-4/h5,12-13,15-16H,1,6-11,14H2,2-4H3;3-6,10H,1-2H3;4H,2-3H2,1H3. The van der Waals surface area contributed by atoms with Crippen LogP contribution < -0.4 is 9.47 Å². The van der Waals surface area contributed by atoms with Crippen LogP contribution in [-0.4, -0.2) is 62.3 Å². The first-order valence-corrected chi connectivity index (χ1v) is 15.2. The number of aliphatic hydroxyl groups excluding tert-OH is 1. The second kappa shape index (κ2) is 22.5. The van der Waals surface area contributed by atoms with Crippen molar-refractivity contribution in [2.24, 2.45) is 5.92 Å². The number of nitrogens with zero attached hydrogens (tertiary/aromatic N) is 1. The Morgan fingerprint density at radius 3 is 2.18 bits per heavy atom. The number of aliphatic hydroxyl groups is 1. The van der Waals surface area contributed by atoms with E-state index in [1.165, 1.54) is 55.5 Å². The van der Waals surface area contributed by atoms with Crippen molar-refractivity contribution in [3.05, 3.63) is 71.3 Å². The van der Waals surface area contributed by atoms with E-state index in [2.05, 4.69) is 13.5 Å². The zero-order valence-electron chi connectivity index (χ0n) is 26.9. The smallest absolute Gasteiger partial charge is 0.402 e. The predicted molar refractivity (Wildman–Crippen MR) is 172 cm³/mol. The Morgan fingerprint density at radius 2 is 1.70 bits per heavy atom. The van der Waals surface area contributed by atoms with Gasteiger partial charge in [0.1, 0.15) is 23.2 Å². The molecule has 0 aliphatic rings. The van der Waals surface area contributed by atoms with Crippen molar-refractivity contribution in [1.82, 2.24) is 4.90 Å². The molecule has 2 atom stereocenters. The second-order valence-corrected chi connectivity index (χ2v) is 10.9. The molecule has 0 spiro atoms. The van der Waals surface area contributed by atoms with Crippen LogP contribution in [0.25, 0.3) is 0 Å². The van der Waals surface area contributed by atoms with Crippen LogP contribution in [-0.2, 0) is 4.79 Å². The predicted octanol–water partition coefficient (Wildman–Crippen LogP) is 8.90. The molecule has 0 saturated heterocycles. The largest absolute Gasteiger partial charge is 0.497 e. The maximum atomic E-state index is 12.6. The van der Waals surface area contributed by atoms with E-state index in [4.69, 9.17) is 26.2 Å². The Bertz CT molecular complexity index is 1120. The molecule has 2 rings (SSSR count). The Balaban J connectivity index is 0.000000794. The van der Waals surface area contributed by atoms with E-state index in [1.54, 1.807) is 32.3 Å². The molecule has 1 N–H and O–H groups in total. The molecule has 10 heteroatoms. The first-order chi connectivity index (χ1) is 20.8. The van der Waals surface area contributed by atoms with Gasteiger partial charge in [0.05, 0.1) is 24.3 Å². The van der Waals surface area contributed by atoms with Crippen molar-refractivity contribution in [3.63, 3.8) is 0 Å². The number of Topliss-reactive ketones (excluding diaryl/α,β-unsaturated/α-hetero) is 1. The number of carbonyl (C=O) groups is 2. The van der Waals surface area contributed by atoms with E-state index in [0.29, 0.717) is 35.3 Å². The van der Waals surface area contributed by atoms with Gasteiger partial charge in [-0.1, -0.05) is 62.9 Å². The third-order valence-electron chi connectivity index (χ3n) is 6.43. The Kier molecular flexibility index (Phi) is 20.9. The van der Waals surface area contributed by atoms with Crippen LogP contribution in [0.2, 0.25) is 5.02 Å². The summed E-state index contributed by atoms with van der Waals surface area (Å²) >= 11 is 6.18. The van der Waals surface area contributed by atoms with Crippen LogP contribution in [0.4, 0.5) is 13.2 Å². The van der Waals surface area contributed by atoms with Gasteiger partial charge < -0.3 is 19.5 Å². The topological polar surface area (TPSA) is 76.1 Å². The molecular weight excluding hydrogens is 595 g/mol. The lowest BCUT2D eigenvalue weighted by atomic mass is 9.94. The number of ether oxygens (including phenoxy) is 2. The lowest BCUT2D eigenvalue weighted by Gasteiger charge is -2.18. The summed E-state index contributed by atoms with van der Waals surface area (Å²) in [6, 6.07) is 10.7. The molecule has 2 aromatic carbocycles. The summed E-state index contributed by atoms with van der Waals surface area (Å²) in [6.07, 6.45) is 5.33. The minimum absolute atomic E-state index is 0.0978.